The molecule has 0 spiro atoms. The van der Waals surface area contributed by atoms with Crippen molar-refractivity contribution in [1.82, 2.24) is 25.2 Å². The molecule has 6 heteroatoms. The van der Waals surface area contributed by atoms with Gasteiger partial charge in [0.15, 0.2) is 0 Å². The molecule has 4 heterocycles. The van der Waals surface area contributed by atoms with E-state index in [4.69, 9.17) is 9.97 Å². The van der Waals surface area contributed by atoms with Crippen molar-refractivity contribution >= 4 is 66.1 Å². The fourth-order valence-electron chi connectivity index (χ4n) is 9.07. The van der Waals surface area contributed by atoms with Crippen LogP contribution in [0.3, 0.4) is 0 Å². The second kappa shape index (κ2) is 10.0. The number of nitrogens with zero attached hydrogens (tertiary/aromatic N) is 3. The van der Waals surface area contributed by atoms with Crippen LogP contribution in [0.15, 0.2) is 144 Å². The molecule has 7 aromatic carbocycles. The van der Waals surface area contributed by atoms with E-state index in [-0.39, 0.29) is 18.4 Å². The maximum Gasteiger partial charge on any atom is 0.140 e. The van der Waals surface area contributed by atoms with Crippen LogP contribution in [0, 0.1) is 0 Å². The molecule has 2 aromatic heterocycles. The van der Waals surface area contributed by atoms with Crippen LogP contribution in [0.25, 0.3) is 76.9 Å². The standard InChI is InChI=1S/C44H29N5S/c1-2-12-25(13-3-1)38-43-41(27-15-6-9-20-35(27)50-43)48-44(47-38)49-34-22-21-24-11-4-5-14-26(24)37(34)31-23-30-36-28(16-10-17-29(36)42(31)49)39-40(30)46-33-19-8-7-18-32(33)45-39/h1-23,38,41,43-44,47-48H. The normalized spacial score (nSPS) is 20.6. The molecule has 0 amide bonds. The predicted octanol–water partition coefficient (Wildman–Crippen LogP) is 10.3. The summed E-state index contributed by atoms with van der Waals surface area (Å²) in [6.45, 7) is 0. The zero-order chi connectivity index (χ0) is 32.5. The minimum absolute atomic E-state index is 0.139. The second-order valence-electron chi connectivity index (χ2n) is 13.7. The third-order valence-corrected chi connectivity index (χ3v) is 12.6. The lowest BCUT2D eigenvalue weighted by Gasteiger charge is -2.42. The summed E-state index contributed by atoms with van der Waals surface area (Å²) < 4.78 is 2.55. The Morgan fingerprint density at radius 2 is 1.28 bits per heavy atom. The summed E-state index contributed by atoms with van der Waals surface area (Å²) in [6.07, 6.45) is -0.172. The molecule has 4 unspecified atom stereocenters. The SMILES string of the molecule is c1ccc(C2NC(n3c4ccc5ccccc5c4c4cc5c6c(cccc6c43)-c3nc4ccccc4nc3-5)NC3c4ccccc4SC23)cc1. The molecule has 2 aliphatic heterocycles. The van der Waals surface area contributed by atoms with Gasteiger partial charge in [-0.3, -0.25) is 10.6 Å². The summed E-state index contributed by atoms with van der Waals surface area (Å²) in [4.78, 5) is 11.8. The number of rotatable bonds is 2. The van der Waals surface area contributed by atoms with Crippen LogP contribution in [0.4, 0.5) is 0 Å². The number of benzene rings is 7. The third-order valence-electron chi connectivity index (χ3n) is 11.2. The molecule has 5 nitrogen and oxygen atoms in total. The maximum absolute atomic E-state index is 5.25. The van der Waals surface area contributed by atoms with Crippen molar-refractivity contribution < 1.29 is 0 Å². The van der Waals surface area contributed by atoms with Crippen molar-refractivity contribution in [2.45, 2.75) is 28.5 Å². The first-order valence-corrected chi connectivity index (χ1v) is 18.2. The molecule has 0 bridgehead atoms. The van der Waals surface area contributed by atoms with E-state index < -0.39 is 0 Å². The molecule has 4 atom stereocenters. The van der Waals surface area contributed by atoms with Gasteiger partial charge in [-0.1, -0.05) is 109 Å². The smallest absolute Gasteiger partial charge is 0.140 e. The molecule has 1 aliphatic carbocycles. The molecule has 9 aromatic rings. The Kier molecular flexibility index (Phi) is 5.47. The monoisotopic (exact) mass is 659 g/mol. The molecule has 50 heavy (non-hydrogen) atoms. The van der Waals surface area contributed by atoms with Crippen LogP contribution in [-0.4, -0.2) is 19.8 Å². The van der Waals surface area contributed by atoms with Gasteiger partial charge in [-0.05, 0) is 52.2 Å². The highest BCUT2D eigenvalue weighted by Gasteiger charge is 2.45. The Morgan fingerprint density at radius 1 is 0.560 bits per heavy atom. The van der Waals surface area contributed by atoms with Crippen LogP contribution >= 0.6 is 11.8 Å². The van der Waals surface area contributed by atoms with Crippen molar-refractivity contribution in [3.05, 3.63) is 151 Å². The van der Waals surface area contributed by atoms with E-state index in [0.717, 1.165) is 33.5 Å². The minimum Gasteiger partial charge on any atom is -0.311 e. The van der Waals surface area contributed by atoms with Gasteiger partial charge < -0.3 is 4.57 Å². The lowest BCUT2D eigenvalue weighted by molar-refractivity contribution is 0.207. The highest BCUT2D eigenvalue weighted by Crippen LogP contribution is 2.54. The van der Waals surface area contributed by atoms with Crippen LogP contribution in [0.1, 0.15) is 29.5 Å². The van der Waals surface area contributed by atoms with Gasteiger partial charge in [-0.2, -0.15) is 0 Å². The Balaban J connectivity index is 1.18. The number of fused-ring (bicyclic) bond motifs is 13. The van der Waals surface area contributed by atoms with Gasteiger partial charge in [0.25, 0.3) is 0 Å². The Labute approximate surface area is 292 Å². The fourth-order valence-corrected chi connectivity index (χ4v) is 10.6. The van der Waals surface area contributed by atoms with E-state index >= 15 is 0 Å². The summed E-state index contributed by atoms with van der Waals surface area (Å²) in [7, 11) is 0. The Hall–Kier alpha value is -5.53. The number of thioether (sulfide) groups is 1. The van der Waals surface area contributed by atoms with Gasteiger partial charge in [0.05, 0.1) is 39.5 Å². The average Bonchev–Trinajstić information content (AvgIpc) is 3.83. The van der Waals surface area contributed by atoms with Crippen molar-refractivity contribution in [3.8, 4) is 22.5 Å². The minimum atomic E-state index is -0.172. The lowest BCUT2D eigenvalue weighted by atomic mass is 9.92. The van der Waals surface area contributed by atoms with Crippen LogP contribution in [-0.2, 0) is 0 Å². The first-order valence-electron chi connectivity index (χ1n) is 17.3. The van der Waals surface area contributed by atoms with Gasteiger partial charge in [-0.15, -0.1) is 11.8 Å². The van der Waals surface area contributed by atoms with E-state index in [0.29, 0.717) is 5.25 Å². The van der Waals surface area contributed by atoms with E-state index in [1.165, 1.54) is 59.4 Å². The quantitative estimate of drug-likeness (QED) is 0.193. The molecule has 1 saturated heterocycles. The van der Waals surface area contributed by atoms with Gasteiger partial charge in [0.2, 0.25) is 0 Å². The molecular formula is C44H29N5S. The fraction of sp³-hybridized carbons (Fsp3) is 0.0909. The summed E-state index contributed by atoms with van der Waals surface area (Å²) in [6, 6.07) is 51.0. The van der Waals surface area contributed by atoms with Crippen molar-refractivity contribution in [3.63, 3.8) is 0 Å². The Bertz CT molecular complexity index is 2900. The first-order chi connectivity index (χ1) is 24.8. The van der Waals surface area contributed by atoms with Crippen molar-refractivity contribution in [1.29, 1.82) is 0 Å². The summed E-state index contributed by atoms with van der Waals surface area (Å²) in [5.41, 5.74) is 11.2. The molecule has 12 rings (SSSR count). The molecular weight excluding hydrogens is 631 g/mol. The van der Waals surface area contributed by atoms with Gasteiger partial charge in [0, 0.05) is 48.9 Å². The third kappa shape index (κ3) is 3.60. The molecule has 0 saturated carbocycles. The van der Waals surface area contributed by atoms with Gasteiger partial charge in [-0.25, -0.2) is 9.97 Å². The number of nitrogens with one attached hydrogen (secondary N) is 2. The highest BCUT2D eigenvalue weighted by atomic mass is 32.2. The van der Waals surface area contributed by atoms with E-state index in [2.05, 4.69) is 143 Å². The van der Waals surface area contributed by atoms with E-state index in [1.54, 1.807) is 0 Å². The van der Waals surface area contributed by atoms with E-state index in [9.17, 15) is 0 Å². The largest absolute Gasteiger partial charge is 0.311 e. The highest BCUT2D eigenvalue weighted by molar-refractivity contribution is 8.00. The van der Waals surface area contributed by atoms with Crippen LogP contribution in [0.5, 0.6) is 0 Å². The zero-order valence-corrected chi connectivity index (χ0v) is 27.7. The van der Waals surface area contributed by atoms with Crippen molar-refractivity contribution in [2.75, 3.05) is 0 Å². The number of hydrogen-bond acceptors (Lipinski definition) is 5. The summed E-state index contributed by atoms with van der Waals surface area (Å²) >= 11 is 1.99. The predicted molar refractivity (Wildman–Crippen MR) is 205 cm³/mol. The average molecular weight is 660 g/mol. The topological polar surface area (TPSA) is 54.8 Å². The van der Waals surface area contributed by atoms with Crippen LogP contribution in [0.2, 0.25) is 0 Å². The Morgan fingerprint density at radius 3 is 2.16 bits per heavy atom. The molecule has 3 aliphatic rings. The van der Waals surface area contributed by atoms with Crippen molar-refractivity contribution in [2.24, 2.45) is 0 Å². The molecule has 236 valence electrons. The number of aromatic nitrogens is 3. The van der Waals surface area contributed by atoms with Gasteiger partial charge >= 0.3 is 0 Å². The molecule has 2 N–H and O–H groups in total. The summed E-state index contributed by atoms with van der Waals surface area (Å²) in [5, 5.41) is 16.1. The molecule has 1 fully saturated rings. The first kappa shape index (κ1) is 27.3. The zero-order valence-electron chi connectivity index (χ0n) is 26.8. The lowest BCUT2D eigenvalue weighted by Crippen LogP contribution is -2.53. The van der Waals surface area contributed by atoms with E-state index in [1.807, 2.05) is 23.9 Å². The number of hydrogen-bond donors (Lipinski definition) is 2. The molecule has 0 radical (unpaired) electrons. The second-order valence-corrected chi connectivity index (χ2v) is 15.0. The van der Waals surface area contributed by atoms with Gasteiger partial charge in [0.1, 0.15) is 6.29 Å². The number of para-hydroxylation sites is 2. The maximum atomic E-state index is 5.25. The van der Waals surface area contributed by atoms with Crippen LogP contribution < -0.4 is 10.6 Å². The summed E-state index contributed by atoms with van der Waals surface area (Å²) in [5.74, 6) is 0.